The van der Waals surface area contributed by atoms with Gasteiger partial charge < -0.3 is 15.6 Å². The van der Waals surface area contributed by atoms with Gasteiger partial charge in [-0.2, -0.15) is 0 Å². The van der Waals surface area contributed by atoms with Gasteiger partial charge in [0.15, 0.2) is 0 Å². The lowest BCUT2D eigenvalue weighted by Gasteiger charge is -2.45. The fraction of sp³-hybridized carbons (Fsp3) is 0.600. The Hall–Kier alpha value is -1.10. The third-order valence-electron chi connectivity index (χ3n) is 3.65. The zero-order chi connectivity index (χ0) is 14.0. The molecule has 4 heteroatoms. The largest absolute Gasteiger partial charge is 0.399 e. The highest BCUT2D eigenvalue weighted by molar-refractivity contribution is 5.41. The summed E-state index contributed by atoms with van der Waals surface area (Å²) in [5.74, 6) is 0. The van der Waals surface area contributed by atoms with Crippen molar-refractivity contribution in [3.8, 4) is 0 Å². The number of nitrogens with zero attached hydrogens (tertiary/aromatic N) is 1. The van der Waals surface area contributed by atoms with E-state index >= 15 is 0 Å². The molecule has 1 saturated heterocycles. The highest BCUT2D eigenvalue weighted by Gasteiger charge is 2.35. The molecule has 4 nitrogen and oxygen atoms in total. The van der Waals surface area contributed by atoms with Crippen molar-refractivity contribution < 1.29 is 9.84 Å². The van der Waals surface area contributed by atoms with Crippen molar-refractivity contribution in [3.63, 3.8) is 0 Å². The second-order valence-corrected chi connectivity index (χ2v) is 5.96. The zero-order valence-corrected chi connectivity index (χ0v) is 12.0. The number of anilines is 1. The molecule has 0 amide bonds. The van der Waals surface area contributed by atoms with E-state index in [1.54, 1.807) is 0 Å². The molecule has 19 heavy (non-hydrogen) atoms. The van der Waals surface area contributed by atoms with Crippen molar-refractivity contribution in [2.24, 2.45) is 0 Å². The SMILES string of the molecule is CC(c1cccc(N)c1)N1CC(CO)OC(C)(C)C1. The molecule has 3 N–H and O–H groups in total. The van der Waals surface area contributed by atoms with Gasteiger partial charge in [-0.15, -0.1) is 0 Å². The van der Waals surface area contributed by atoms with Crippen LogP contribution in [0.5, 0.6) is 0 Å². The van der Waals surface area contributed by atoms with Crippen molar-refractivity contribution in [3.05, 3.63) is 29.8 Å². The Morgan fingerprint density at radius 2 is 2.26 bits per heavy atom. The first-order chi connectivity index (χ1) is 8.91. The van der Waals surface area contributed by atoms with Gasteiger partial charge in [0.25, 0.3) is 0 Å². The van der Waals surface area contributed by atoms with E-state index in [1.165, 1.54) is 5.56 Å². The summed E-state index contributed by atoms with van der Waals surface area (Å²) >= 11 is 0. The van der Waals surface area contributed by atoms with Gasteiger partial charge in [0, 0.05) is 24.8 Å². The topological polar surface area (TPSA) is 58.7 Å². The Balaban J connectivity index is 2.16. The molecule has 0 aliphatic carbocycles. The third kappa shape index (κ3) is 3.47. The molecule has 0 spiro atoms. The lowest BCUT2D eigenvalue weighted by Crippen LogP contribution is -2.54. The Kier molecular flexibility index (Phi) is 4.13. The standard InChI is InChI=1S/C15H24N2O2/c1-11(12-5-4-6-13(16)7-12)17-8-14(9-18)19-15(2,3)10-17/h4-7,11,14,18H,8-10,16H2,1-3H3. The maximum Gasteiger partial charge on any atom is 0.0940 e. The number of benzene rings is 1. The molecule has 1 aliphatic rings. The molecular formula is C15H24N2O2. The second kappa shape index (κ2) is 5.49. The van der Waals surface area contributed by atoms with Gasteiger partial charge in [0.2, 0.25) is 0 Å². The molecule has 0 bridgehead atoms. The van der Waals surface area contributed by atoms with Gasteiger partial charge in [-0.3, -0.25) is 4.90 Å². The number of ether oxygens (including phenoxy) is 1. The van der Waals surface area contributed by atoms with Crippen LogP contribution >= 0.6 is 0 Å². The molecular weight excluding hydrogens is 240 g/mol. The number of aliphatic hydroxyl groups excluding tert-OH is 1. The van der Waals surface area contributed by atoms with E-state index in [4.69, 9.17) is 10.5 Å². The van der Waals surface area contributed by atoms with E-state index in [9.17, 15) is 5.11 Å². The number of rotatable bonds is 3. The van der Waals surface area contributed by atoms with Crippen molar-refractivity contribution >= 4 is 5.69 Å². The highest BCUT2D eigenvalue weighted by atomic mass is 16.5. The fourth-order valence-corrected chi connectivity index (χ4v) is 2.76. The second-order valence-electron chi connectivity index (χ2n) is 5.96. The maximum absolute atomic E-state index is 9.37. The van der Waals surface area contributed by atoms with Gasteiger partial charge in [-0.1, -0.05) is 12.1 Å². The Labute approximate surface area is 115 Å². The van der Waals surface area contributed by atoms with Crippen LogP contribution in [0, 0.1) is 0 Å². The van der Waals surface area contributed by atoms with Crippen LogP contribution in [-0.4, -0.2) is 41.4 Å². The Morgan fingerprint density at radius 3 is 2.89 bits per heavy atom. The minimum absolute atomic E-state index is 0.0591. The van der Waals surface area contributed by atoms with Gasteiger partial charge in [-0.05, 0) is 38.5 Å². The summed E-state index contributed by atoms with van der Waals surface area (Å²) in [6.45, 7) is 7.95. The molecule has 2 rings (SSSR count). The molecule has 0 radical (unpaired) electrons. The van der Waals surface area contributed by atoms with Crippen LogP contribution in [0.1, 0.15) is 32.4 Å². The van der Waals surface area contributed by atoms with Gasteiger partial charge in [-0.25, -0.2) is 0 Å². The van der Waals surface area contributed by atoms with Crippen LogP contribution in [-0.2, 0) is 4.74 Å². The summed E-state index contributed by atoms with van der Waals surface area (Å²) in [5.41, 5.74) is 7.60. The molecule has 2 unspecified atom stereocenters. The quantitative estimate of drug-likeness (QED) is 0.817. The van der Waals surface area contributed by atoms with E-state index in [0.29, 0.717) is 0 Å². The summed E-state index contributed by atoms with van der Waals surface area (Å²) in [5, 5.41) is 9.37. The predicted molar refractivity (Wildman–Crippen MR) is 76.9 cm³/mol. The fourth-order valence-electron chi connectivity index (χ4n) is 2.76. The Bertz CT molecular complexity index is 434. The lowest BCUT2D eigenvalue weighted by atomic mass is 10.00. The predicted octanol–water partition coefficient (Wildman–Crippen LogP) is 1.80. The number of morpholine rings is 1. The molecule has 2 atom stereocenters. The summed E-state index contributed by atoms with van der Waals surface area (Å²) in [6.07, 6.45) is -0.118. The molecule has 1 aromatic carbocycles. The Morgan fingerprint density at radius 1 is 1.53 bits per heavy atom. The van der Waals surface area contributed by atoms with Crippen molar-refractivity contribution in [1.82, 2.24) is 4.90 Å². The average molecular weight is 264 g/mol. The molecule has 0 saturated carbocycles. The van der Waals surface area contributed by atoms with E-state index in [1.807, 2.05) is 18.2 Å². The monoisotopic (exact) mass is 264 g/mol. The van der Waals surface area contributed by atoms with Crippen LogP contribution in [0.4, 0.5) is 5.69 Å². The van der Waals surface area contributed by atoms with Gasteiger partial charge >= 0.3 is 0 Å². The third-order valence-corrected chi connectivity index (χ3v) is 3.65. The van der Waals surface area contributed by atoms with Crippen molar-refractivity contribution in [2.45, 2.75) is 38.5 Å². The number of aliphatic hydroxyl groups is 1. The van der Waals surface area contributed by atoms with E-state index in [0.717, 1.165) is 18.8 Å². The van der Waals surface area contributed by atoms with Crippen LogP contribution in [0.2, 0.25) is 0 Å². The smallest absolute Gasteiger partial charge is 0.0940 e. The summed E-state index contributed by atoms with van der Waals surface area (Å²) < 4.78 is 5.85. The minimum atomic E-state index is -0.236. The lowest BCUT2D eigenvalue weighted by molar-refractivity contribution is -0.156. The van der Waals surface area contributed by atoms with Crippen molar-refractivity contribution in [1.29, 1.82) is 0 Å². The average Bonchev–Trinajstić information content (AvgIpc) is 2.36. The number of hydrogen-bond acceptors (Lipinski definition) is 4. The zero-order valence-electron chi connectivity index (χ0n) is 12.0. The first-order valence-corrected chi connectivity index (χ1v) is 6.79. The summed E-state index contributed by atoms with van der Waals surface area (Å²) in [7, 11) is 0. The van der Waals surface area contributed by atoms with Crippen LogP contribution in [0.3, 0.4) is 0 Å². The van der Waals surface area contributed by atoms with E-state index in [-0.39, 0.29) is 24.4 Å². The van der Waals surface area contributed by atoms with E-state index in [2.05, 4.69) is 31.7 Å². The van der Waals surface area contributed by atoms with Crippen LogP contribution in [0.25, 0.3) is 0 Å². The molecule has 1 aliphatic heterocycles. The van der Waals surface area contributed by atoms with Gasteiger partial charge in [0.1, 0.15) is 0 Å². The van der Waals surface area contributed by atoms with Crippen molar-refractivity contribution in [2.75, 3.05) is 25.4 Å². The maximum atomic E-state index is 9.37. The summed E-state index contributed by atoms with van der Waals surface area (Å²) in [6, 6.07) is 8.26. The summed E-state index contributed by atoms with van der Waals surface area (Å²) in [4.78, 5) is 2.35. The number of hydrogen-bond donors (Lipinski definition) is 2. The number of nitrogens with two attached hydrogens (primary N) is 1. The molecule has 106 valence electrons. The first-order valence-electron chi connectivity index (χ1n) is 6.79. The van der Waals surface area contributed by atoms with Crippen LogP contribution < -0.4 is 5.73 Å². The molecule has 1 fully saturated rings. The van der Waals surface area contributed by atoms with E-state index < -0.39 is 0 Å². The number of nitrogen functional groups attached to an aromatic ring is 1. The highest BCUT2D eigenvalue weighted by Crippen LogP contribution is 2.29. The molecule has 0 aromatic heterocycles. The minimum Gasteiger partial charge on any atom is -0.399 e. The van der Waals surface area contributed by atoms with Gasteiger partial charge in [0.05, 0.1) is 18.3 Å². The normalized spacial score (nSPS) is 25.2. The molecule has 1 heterocycles. The van der Waals surface area contributed by atoms with Crippen LogP contribution in [0.15, 0.2) is 24.3 Å². The molecule has 1 aromatic rings. The first kappa shape index (κ1) is 14.3.